The second-order valence-electron chi connectivity index (χ2n) is 7.76. The monoisotopic (exact) mass is 345 g/mol. The molecule has 7 nitrogen and oxygen atoms in total. The van der Waals surface area contributed by atoms with Crippen molar-refractivity contribution in [2.24, 2.45) is 5.41 Å². The fraction of sp³-hybridized carbons (Fsp3) is 0.500. The van der Waals surface area contributed by atoms with Crippen molar-refractivity contribution in [2.45, 2.75) is 33.2 Å². The van der Waals surface area contributed by atoms with E-state index in [9.17, 15) is 14.4 Å². The average molecular weight is 345 g/mol. The standard InChI is InChI=1S/C18H23N3O4/c1-18(2,3)10-21-8-12(7-16(21)23)19-17(24)11-4-5-13-14(6-11)25-9-15(22)20-13/h4-6,12H,7-10H2,1-3H3,(H,19,24)(H,20,22)/t12-/m0/s1. The number of hydrogen-bond acceptors (Lipinski definition) is 4. The molecule has 2 N–H and O–H groups in total. The van der Waals surface area contributed by atoms with Crippen LogP contribution in [-0.4, -0.2) is 48.4 Å². The molecule has 134 valence electrons. The van der Waals surface area contributed by atoms with Gasteiger partial charge >= 0.3 is 0 Å². The van der Waals surface area contributed by atoms with Crippen molar-refractivity contribution in [1.82, 2.24) is 10.2 Å². The minimum Gasteiger partial charge on any atom is -0.482 e. The molecule has 3 rings (SSSR count). The molecule has 0 saturated carbocycles. The van der Waals surface area contributed by atoms with Gasteiger partial charge in [0.05, 0.1) is 11.7 Å². The van der Waals surface area contributed by atoms with Gasteiger partial charge in [-0.25, -0.2) is 0 Å². The SMILES string of the molecule is CC(C)(C)CN1C[C@@H](NC(=O)c2ccc3c(c2)OCC(=O)N3)CC1=O. The summed E-state index contributed by atoms with van der Waals surface area (Å²) in [6.45, 7) is 7.38. The van der Waals surface area contributed by atoms with Gasteiger partial charge in [0.1, 0.15) is 5.75 Å². The first-order chi connectivity index (χ1) is 11.7. The van der Waals surface area contributed by atoms with Crippen LogP contribution in [0.1, 0.15) is 37.6 Å². The van der Waals surface area contributed by atoms with Gasteiger partial charge in [-0.3, -0.25) is 14.4 Å². The molecule has 0 aromatic heterocycles. The van der Waals surface area contributed by atoms with Gasteiger partial charge in [-0.2, -0.15) is 0 Å². The molecule has 1 saturated heterocycles. The van der Waals surface area contributed by atoms with E-state index in [4.69, 9.17) is 4.74 Å². The Balaban J connectivity index is 1.63. The molecule has 3 amide bonds. The third kappa shape index (κ3) is 4.10. The highest BCUT2D eigenvalue weighted by Gasteiger charge is 2.33. The largest absolute Gasteiger partial charge is 0.482 e. The molecular formula is C18H23N3O4. The van der Waals surface area contributed by atoms with E-state index in [0.717, 1.165) is 0 Å². The number of ether oxygens (including phenoxy) is 1. The van der Waals surface area contributed by atoms with Crippen molar-refractivity contribution >= 4 is 23.4 Å². The zero-order valence-corrected chi connectivity index (χ0v) is 14.7. The normalized spacial score (nSPS) is 20.0. The van der Waals surface area contributed by atoms with Crippen LogP contribution in [0.15, 0.2) is 18.2 Å². The fourth-order valence-corrected chi connectivity index (χ4v) is 3.08. The molecule has 2 aliphatic heterocycles. The van der Waals surface area contributed by atoms with Crippen LogP contribution < -0.4 is 15.4 Å². The zero-order chi connectivity index (χ0) is 18.2. The number of carbonyl (C=O) groups is 3. The third-order valence-corrected chi connectivity index (χ3v) is 4.09. The summed E-state index contributed by atoms with van der Waals surface area (Å²) in [7, 11) is 0. The fourth-order valence-electron chi connectivity index (χ4n) is 3.08. The Morgan fingerprint density at radius 2 is 2.12 bits per heavy atom. The predicted octanol–water partition coefficient (Wildman–Crippen LogP) is 1.39. The van der Waals surface area contributed by atoms with Crippen LogP contribution in [0.25, 0.3) is 0 Å². The van der Waals surface area contributed by atoms with Gasteiger partial charge in [-0.15, -0.1) is 0 Å². The zero-order valence-electron chi connectivity index (χ0n) is 14.7. The van der Waals surface area contributed by atoms with Gasteiger partial charge in [0.15, 0.2) is 6.61 Å². The second kappa shape index (κ2) is 6.38. The number of nitrogens with one attached hydrogen (secondary N) is 2. The van der Waals surface area contributed by atoms with Gasteiger partial charge in [0.25, 0.3) is 11.8 Å². The maximum Gasteiger partial charge on any atom is 0.262 e. The maximum absolute atomic E-state index is 12.5. The molecule has 1 aromatic rings. The van der Waals surface area contributed by atoms with Crippen molar-refractivity contribution in [1.29, 1.82) is 0 Å². The number of nitrogens with zero attached hydrogens (tertiary/aromatic N) is 1. The van der Waals surface area contributed by atoms with Crippen LogP contribution in [0, 0.1) is 5.41 Å². The molecule has 25 heavy (non-hydrogen) atoms. The highest BCUT2D eigenvalue weighted by Crippen LogP contribution is 2.28. The molecule has 1 fully saturated rings. The number of hydrogen-bond donors (Lipinski definition) is 2. The molecular weight excluding hydrogens is 322 g/mol. The van der Waals surface area contributed by atoms with Crippen molar-refractivity contribution in [3.63, 3.8) is 0 Å². The Hall–Kier alpha value is -2.57. The van der Waals surface area contributed by atoms with E-state index < -0.39 is 0 Å². The minimum absolute atomic E-state index is 0.0226. The Morgan fingerprint density at radius 3 is 2.84 bits per heavy atom. The summed E-state index contributed by atoms with van der Waals surface area (Å²) in [5, 5.41) is 5.60. The van der Waals surface area contributed by atoms with Crippen molar-refractivity contribution in [2.75, 3.05) is 25.0 Å². The maximum atomic E-state index is 12.5. The molecule has 0 radical (unpaired) electrons. The van der Waals surface area contributed by atoms with E-state index in [1.165, 1.54) is 0 Å². The summed E-state index contributed by atoms with van der Waals surface area (Å²) < 4.78 is 5.33. The summed E-state index contributed by atoms with van der Waals surface area (Å²) >= 11 is 0. The molecule has 2 aliphatic rings. The van der Waals surface area contributed by atoms with Crippen LogP contribution in [0.3, 0.4) is 0 Å². The molecule has 1 atom stereocenters. The molecule has 2 heterocycles. The first-order valence-electron chi connectivity index (χ1n) is 8.37. The van der Waals surface area contributed by atoms with Crippen LogP contribution in [0.5, 0.6) is 5.75 Å². The molecule has 0 spiro atoms. The number of fused-ring (bicyclic) bond motifs is 1. The lowest BCUT2D eigenvalue weighted by Gasteiger charge is -2.26. The van der Waals surface area contributed by atoms with E-state index in [0.29, 0.717) is 36.5 Å². The summed E-state index contributed by atoms with van der Waals surface area (Å²) in [4.78, 5) is 37.7. The Bertz CT molecular complexity index is 724. The summed E-state index contributed by atoms with van der Waals surface area (Å²) in [6.07, 6.45) is 0.319. The second-order valence-corrected chi connectivity index (χ2v) is 7.76. The van der Waals surface area contributed by atoms with Gasteiger partial charge in [0.2, 0.25) is 5.91 Å². The summed E-state index contributed by atoms with van der Waals surface area (Å²) in [6, 6.07) is 4.69. The molecule has 0 aliphatic carbocycles. The van der Waals surface area contributed by atoms with Crippen molar-refractivity contribution in [3.8, 4) is 5.75 Å². The number of amides is 3. The molecule has 1 aromatic carbocycles. The lowest BCUT2D eigenvalue weighted by molar-refractivity contribution is -0.128. The molecule has 0 unspecified atom stereocenters. The number of carbonyl (C=O) groups excluding carboxylic acids is 3. The minimum atomic E-state index is -0.251. The number of anilines is 1. The van der Waals surface area contributed by atoms with E-state index in [1.807, 2.05) is 0 Å². The Labute approximate surface area is 146 Å². The predicted molar refractivity (Wildman–Crippen MR) is 92.5 cm³/mol. The highest BCUT2D eigenvalue weighted by atomic mass is 16.5. The smallest absolute Gasteiger partial charge is 0.262 e. The third-order valence-electron chi connectivity index (χ3n) is 4.09. The van der Waals surface area contributed by atoms with Crippen LogP contribution >= 0.6 is 0 Å². The molecule has 0 bridgehead atoms. The molecule has 7 heteroatoms. The summed E-state index contributed by atoms with van der Waals surface area (Å²) in [5.74, 6) is 0.0765. The van der Waals surface area contributed by atoms with Crippen LogP contribution in [-0.2, 0) is 9.59 Å². The van der Waals surface area contributed by atoms with E-state index in [1.54, 1.807) is 23.1 Å². The highest BCUT2D eigenvalue weighted by molar-refractivity contribution is 5.99. The number of rotatable bonds is 3. The van der Waals surface area contributed by atoms with Crippen molar-refractivity contribution < 1.29 is 19.1 Å². The van der Waals surface area contributed by atoms with E-state index in [2.05, 4.69) is 31.4 Å². The quantitative estimate of drug-likeness (QED) is 0.867. The van der Waals surface area contributed by atoms with E-state index >= 15 is 0 Å². The van der Waals surface area contributed by atoms with Gasteiger partial charge in [-0.1, -0.05) is 20.8 Å². The van der Waals surface area contributed by atoms with E-state index in [-0.39, 0.29) is 35.8 Å². The average Bonchev–Trinajstić information content (AvgIpc) is 2.84. The first-order valence-corrected chi connectivity index (χ1v) is 8.37. The number of likely N-dealkylation sites (tertiary alicyclic amines) is 1. The topological polar surface area (TPSA) is 87.7 Å². The first kappa shape index (κ1) is 17.3. The number of benzene rings is 1. The lowest BCUT2D eigenvalue weighted by atomic mass is 9.96. The van der Waals surface area contributed by atoms with Crippen LogP contribution in [0.4, 0.5) is 5.69 Å². The van der Waals surface area contributed by atoms with Gasteiger partial charge < -0.3 is 20.3 Å². The van der Waals surface area contributed by atoms with Gasteiger partial charge in [-0.05, 0) is 23.6 Å². The summed E-state index contributed by atoms with van der Waals surface area (Å²) in [5.41, 5.74) is 1.02. The van der Waals surface area contributed by atoms with Crippen LogP contribution in [0.2, 0.25) is 0 Å². The van der Waals surface area contributed by atoms with Crippen molar-refractivity contribution in [3.05, 3.63) is 23.8 Å². The lowest BCUT2D eigenvalue weighted by Crippen LogP contribution is -2.39. The van der Waals surface area contributed by atoms with Gasteiger partial charge in [0, 0.05) is 25.1 Å². The Morgan fingerprint density at radius 1 is 1.36 bits per heavy atom. The Kier molecular flexibility index (Phi) is 4.41.